The Morgan fingerprint density at radius 2 is 2.18 bits per heavy atom. The summed E-state index contributed by atoms with van der Waals surface area (Å²) in [6, 6.07) is 4.99. The fourth-order valence-electron chi connectivity index (χ4n) is 1.19. The lowest BCUT2D eigenvalue weighted by Crippen LogP contribution is -2.18. The van der Waals surface area contributed by atoms with Crippen LogP contribution in [0.15, 0.2) is 22.7 Å². The maximum absolute atomic E-state index is 11.7. The van der Waals surface area contributed by atoms with Gasteiger partial charge in [0.2, 0.25) is 10.0 Å². The summed E-state index contributed by atoms with van der Waals surface area (Å²) in [6.07, 6.45) is 0.442. The number of hydrogen-bond donors (Lipinski definition) is 1. The van der Waals surface area contributed by atoms with Crippen molar-refractivity contribution >= 4 is 43.2 Å². The minimum absolute atomic E-state index is 0.00365. The molecule has 0 saturated carbocycles. The van der Waals surface area contributed by atoms with Crippen molar-refractivity contribution in [1.82, 2.24) is 0 Å². The summed E-state index contributed by atoms with van der Waals surface area (Å²) >= 11 is 9.15. The van der Waals surface area contributed by atoms with Gasteiger partial charge in [0.1, 0.15) is 0 Å². The van der Waals surface area contributed by atoms with E-state index in [4.69, 9.17) is 16.3 Å². The van der Waals surface area contributed by atoms with Crippen molar-refractivity contribution in [3.8, 4) is 0 Å². The lowest BCUT2D eigenvalue weighted by Gasteiger charge is -2.09. The molecule has 0 aliphatic heterocycles. The number of hydrogen-bond acceptors (Lipinski definition) is 3. The molecule has 1 aromatic rings. The lowest BCUT2D eigenvalue weighted by atomic mass is 10.3. The average Bonchev–Trinajstić information content (AvgIpc) is 2.23. The van der Waals surface area contributed by atoms with Gasteiger partial charge in [-0.2, -0.15) is 0 Å². The number of rotatable bonds is 6. The number of benzene rings is 1. The third-order valence-electron chi connectivity index (χ3n) is 1.96. The molecule has 1 aromatic carbocycles. The van der Waals surface area contributed by atoms with Crippen molar-refractivity contribution in [1.29, 1.82) is 0 Å². The largest absolute Gasteiger partial charge is 0.385 e. The molecule has 0 spiro atoms. The van der Waals surface area contributed by atoms with Crippen molar-refractivity contribution in [3.63, 3.8) is 0 Å². The van der Waals surface area contributed by atoms with Crippen LogP contribution < -0.4 is 4.72 Å². The molecule has 0 amide bonds. The van der Waals surface area contributed by atoms with Crippen LogP contribution in [0, 0.1) is 0 Å². The summed E-state index contributed by atoms with van der Waals surface area (Å²) in [4.78, 5) is 0. The van der Waals surface area contributed by atoms with Gasteiger partial charge in [0.05, 0.1) is 16.5 Å². The lowest BCUT2D eigenvalue weighted by molar-refractivity contribution is 0.199. The Labute approximate surface area is 114 Å². The van der Waals surface area contributed by atoms with Gasteiger partial charge < -0.3 is 4.74 Å². The van der Waals surface area contributed by atoms with Crippen LogP contribution in [0.5, 0.6) is 0 Å². The number of halogens is 2. The van der Waals surface area contributed by atoms with Crippen LogP contribution >= 0.6 is 27.5 Å². The molecule has 0 radical (unpaired) electrons. The van der Waals surface area contributed by atoms with E-state index in [1.807, 2.05) is 0 Å². The Bertz CT molecular complexity index is 478. The van der Waals surface area contributed by atoms with Gasteiger partial charge in [0.15, 0.2) is 0 Å². The van der Waals surface area contributed by atoms with Gasteiger partial charge in [0.25, 0.3) is 0 Å². The molecule has 0 bridgehead atoms. The zero-order chi connectivity index (χ0) is 12.9. The van der Waals surface area contributed by atoms with E-state index < -0.39 is 10.0 Å². The molecule has 0 aliphatic rings. The molecule has 0 saturated heterocycles. The van der Waals surface area contributed by atoms with E-state index in [2.05, 4.69) is 20.7 Å². The summed E-state index contributed by atoms with van der Waals surface area (Å²) in [6.45, 7) is 0.410. The second kappa shape index (κ2) is 6.58. The van der Waals surface area contributed by atoms with Crippen LogP contribution in [-0.2, 0) is 14.8 Å². The van der Waals surface area contributed by atoms with E-state index in [1.54, 1.807) is 18.2 Å². The Morgan fingerprint density at radius 1 is 1.47 bits per heavy atom. The van der Waals surface area contributed by atoms with E-state index in [1.165, 1.54) is 7.11 Å². The topological polar surface area (TPSA) is 55.4 Å². The molecule has 1 rings (SSSR count). The number of nitrogens with one attached hydrogen (secondary N) is 1. The molecule has 4 nitrogen and oxygen atoms in total. The van der Waals surface area contributed by atoms with Crippen LogP contribution in [0.2, 0.25) is 5.02 Å². The first-order valence-corrected chi connectivity index (χ1v) is 7.71. The van der Waals surface area contributed by atoms with Crippen molar-refractivity contribution < 1.29 is 13.2 Å². The molecular formula is C10H13BrClNO3S. The van der Waals surface area contributed by atoms with Gasteiger partial charge in [-0.15, -0.1) is 0 Å². The predicted octanol–water partition coefficient (Wildman–Crippen LogP) is 2.88. The van der Waals surface area contributed by atoms with E-state index in [0.717, 1.165) is 4.47 Å². The summed E-state index contributed by atoms with van der Waals surface area (Å²) in [7, 11) is -1.85. The summed E-state index contributed by atoms with van der Waals surface area (Å²) in [5.41, 5.74) is 0.374. The van der Waals surface area contributed by atoms with Gasteiger partial charge >= 0.3 is 0 Å². The second-order valence-electron chi connectivity index (χ2n) is 3.39. The number of ether oxygens (including phenoxy) is 1. The fraction of sp³-hybridized carbons (Fsp3) is 0.400. The molecule has 96 valence electrons. The zero-order valence-corrected chi connectivity index (χ0v) is 12.4. The van der Waals surface area contributed by atoms with Gasteiger partial charge in [-0.3, -0.25) is 4.72 Å². The molecule has 0 unspecified atom stereocenters. The Hall–Kier alpha value is -0.300. The molecule has 7 heteroatoms. The molecule has 0 aliphatic carbocycles. The molecular weight excluding hydrogens is 330 g/mol. The van der Waals surface area contributed by atoms with Crippen LogP contribution in [0.4, 0.5) is 5.69 Å². The van der Waals surface area contributed by atoms with Crippen LogP contribution in [0.25, 0.3) is 0 Å². The summed E-state index contributed by atoms with van der Waals surface area (Å²) < 4.78 is 31.4. The van der Waals surface area contributed by atoms with Gasteiger partial charge in [-0.25, -0.2) is 8.42 Å². The Kier molecular flexibility index (Phi) is 5.72. The summed E-state index contributed by atoms with van der Waals surface area (Å²) in [5, 5.41) is 0.364. The molecule has 0 heterocycles. The maximum Gasteiger partial charge on any atom is 0.232 e. The first-order valence-electron chi connectivity index (χ1n) is 4.89. The third-order valence-corrected chi connectivity index (χ3v) is 4.14. The minimum atomic E-state index is -3.38. The van der Waals surface area contributed by atoms with Crippen LogP contribution in [0.3, 0.4) is 0 Å². The minimum Gasteiger partial charge on any atom is -0.385 e. The standard InChI is InChI=1S/C10H13BrClNO3S/c1-16-5-2-6-17(14,15)13-10-7-8(11)3-4-9(10)12/h3-4,7,13H,2,5-6H2,1H3. The van der Waals surface area contributed by atoms with Crippen LogP contribution in [-0.4, -0.2) is 27.9 Å². The fourth-order valence-corrected chi connectivity index (χ4v) is 2.87. The summed E-state index contributed by atoms with van der Waals surface area (Å²) in [5.74, 6) is 0.00365. The number of methoxy groups -OCH3 is 1. The first-order chi connectivity index (χ1) is 7.94. The van der Waals surface area contributed by atoms with Gasteiger partial charge in [-0.05, 0) is 24.6 Å². The first kappa shape index (κ1) is 14.8. The highest BCUT2D eigenvalue weighted by Gasteiger charge is 2.12. The Balaban J connectivity index is 2.72. The van der Waals surface area contributed by atoms with Gasteiger partial charge in [0, 0.05) is 18.2 Å². The maximum atomic E-state index is 11.7. The molecule has 0 fully saturated rings. The monoisotopic (exact) mass is 341 g/mol. The average molecular weight is 343 g/mol. The van der Waals surface area contributed by atoms with Crippen molar-refractivity contribution in [2.45, 2.75) is 6.42 Å². The highest BCUT2D eigenvalue weighted by atomic mass is 79.9. The predicted molar refractivity (Wildman–Crippen MR) is 73.1 cm³/mol. The number of anilines is 1. The van der Waals surface area contributed by atoms with Crippen molar-refractivity contribution in [2.75, 3.05) is 24.2 Å². The van der Waals surface area contributed by atoms with Crippen molar-refractivity contribution in [2.24, 2.45) is 0 Å². The smallest absolute Gasteiger partial charge is 0.232 e. The normalized spacial score (nSPS) is 11.5. The Morgan fingerprint density at radius 3 is 2.82 bits per heavy atom. The highest BCUT2D eigenvalue weighted by Crippen LogP contribution is 2.26. The van der Waals surface area contributed by atoms with E-state index in [-0.39, 0.29) is 5.75 Å². The second-order valence-corrected chi connectivity index (χ2v) is 6.56. The quantitative estimate of drug-likeness (QED) is 0.809. The molecule has 0 atom stereocenters. The van der Waals surface area contributed by atoms with E-state index in [9.17, 15) is 8.42 Å². The van der Waals surface area contributed by atoms with Crippen LogP contribution in [0.1, 0.15) is 6.42 Å². The number of sulfonamides is 1. The SMILES string of the molecule is COCCCS(=O)(=O)Nc1cc(Br)ccc1Cl. The van der Waals surface area contributed by atoms with Gasteiger partial charge in [-0.1, -0.05) is 27.5 Å². The molecule has 0 aromatic heterocycles. The zero-order valence-electron chi connectivity index (χ0n) is 9.24. The third kappa shape index (κ3) is 5.25. The van der Waals surface area contributed by atoms with E-state index >= 15 is 0 Å². The van der Waals surface area contributed by atoms with E-state index in [0.29, 0.717) is 23.7 Å². The van der Waals surface area contributed by atoms with Crippen molar-refractivity contribution in [3.05, 3.63) is 27.7 Å². The molecule has 17 heavy (non-hydrogen) atoms. The molecule has 1 N–H and O–H groups in total. The highest BCUT2D eigenvalue weighted by molar-refractivity contribution is 9.10.